The van der Waals surface area contributed by atoms with E-state index in [1.165, 1.54) is 25.8 Å². The summed E-state index contributed by atoms with van der Waals surface area (Å²) in [5.41, 5.74) is 0. The first kappa shape index (κ1) is 9.01. The Kier molecular flexibility index (Phi) is 3.34. The molecule has 0 aromatic carbocycles. The summed E-state index contributed by atoms with van der Waals surface area (Å²) in [6.07, 6.45) is 4.19. The maximum Gasteiger partial charge on any atom is 0.0726 e. The number of methoxy groups -OCH3 is 1. The Labute approximate surface area is 69.5 Å². The Hall–Kier alpha value is -0.0800. The molecular weight excluding hydrogens is 138 g/mol. The van der Waals surface area contributed by atoms with Gasteiger partial charge in [0.05, 0.1) is 6.10 Å². The first-order valence-electron chi connectivity index (χ1n) is 4.52. The lowest BCUT2D eigenvalue weighted by Gasteiger charge is -2.37. The van der Waals surface area contributed by atoms with Gasteiger partial charge in [0.1, 0.15) is 0 Å². The quantitative estimate of drug-likeness (QED) is 0.602. The molecule has 2 nitrogen and oxygen atoms in total. The fraction of sp³-hybridized carbons (Fsp3) is 1.00. The van der Waals surface area contributed by atoms with E-state index >= 15 is 0 Å². The van der Waals surface area contributed by atoms with E-state index in [0.717, 1.165) is 0 Å². The SMILES string of the molecule is CC[C@@H]1[C@H](OC)CCCN1C. The van der Waals surface area contributed by atoms with Crippen molar-refractivity contribution in [3.05, 3.63) is 0 Å². The molecule has 2 heteroatoms. The van der Waals surface area contributed by atoms with E-state index in [1.807, 2.05) is 7.11 Å². The van der Waals surface area contributed by atoms with E-state index in [1.54, 1.807) is 0 Å². The number of nitrogens with zero attached hydrogens (tertiary/aromatic N) is 1. The monoisotopic (exact) mass is 157 g/mol. The lowest BCUT2D eigenvalue weighted by molar-refractivity contribution is -0.00910. The zero-order valence-electron chi connectivity index (χ0n) is 7.84. The number of piperidine rings is 1. The zero-order valence-corrected chi connectivity index (χ0v) is 7.84. The molecule has 1 heterocycles. The zero-order chi connectivity index (χ0) is 8.27. The van der Waals surface area contributed by atoms with Crippen molar-refractivity contribution in [3.63, 3.8) is 0 Å². The lowest BCUT2D eigenvalue weighted by atomic mass is 9.97. The van der Waals surface area contributed by atoms with Gasteiger partial charge >= 0.3 is 0 Å². The molecule has 0 saturated carbocycles. The summed E-state index contributed by atoms with van der Waals surface area (Å²) in [7, 11) is 4.02. The van der Waals surface area contributed by atoms with Crippen LogP contribution in [0.5, 0.6) is 0 Å². The highest BCUT2D eigenvalue weighted by Crippen LogP contribution is 2.20. The molecule has 0 amide bonds. The van der Waals surface area contributed by atoms with Crippen LogP contribution in [-0.4, -0.2) is 37.7 Å². The van der Waals surface area contributed by atoms with Crippen molar-refractivity contribution in [1.29, 1.82) is 0 Å². The van der Waals surface area contributed by atoms with Crippen molar-refractivity contribution in [1.82, 2.24) is 4.90 Å². The predicted octanol–water partition coefficient (Wildman–Crippen LogP) is 1.51. The van der Waals surface area contributed by atoms with Gasteiger partial charge in [-0.25, -0.2) is 0 Å². The van der Waals surface area contributed by atoms with Gasteiger partial charge in [-0.1, -0.05) is 6.92 Å². The number of hydrogen-bond acceptors (Lipinski definition) is 2. The molecule has 0 aliphatic carbocycles. The summed E-state index contributed by atoms with van der Waals surface area (Å²) in [4.78, 5) is 2.41. The molecule has 1 aliphatic heterocycles. The molecule has 66 valence electrons. The number of ether oxygens (including phenoxy) is 1. The first-order chi connectivity index (χ1) is 5.29. The molecule has 0 aromatic rings. The van der Waals surface area contributed by atoms with Crippen molar-refractivity contribution >= 4 is 0 Å². The largest absolute Gasteiger partial charge is 0.380 e. The van der Waals surface area contributed by atoms with Gasteiger partial charge in [-0.05, 0) is 32.9 Å². The number of hydrogen-bond donors (Lipinski definition) is 0. The second-order valence-electron chi connectivity index (χ2n) is 3.37. The fourth-order valence-corrected chi connectivity index (χ4v) is 2.03. The number of rotatable bonds is 2. The molecule has 0 spiro atoms. The van der Waals surface area contributed by atoms with E-state index < -0.39 is 0 Å². The van der Waals surface area contributed by atoms with Gasteiger partial charge in [-0.2, -0.15) is 0 Å². The minimum absolute atomic E-state index is 0.471. The van der Waals surface area contributed by atoms with E-state index in [0.29, 0.717) is 12.1 Å². The molecule has 0 aromatic heterocycles. The van der Waals surface area contributed by atoms with Crippen LogP contribution in [0.3, 0.4) is 0 Å². The Morgan fingerprint density at radius 1 is 1.55 bits per heavy atom. The second-order valence-corrected chi connectivity index (χ2v) is 3.37. The lowest BCUT2D eigenvalue weighted by Crippen LogP contribution is -2.46. The third kappa shape index (κ3) is 1.94. The highest BCUT2D eigenvalue weighted by Gasteiger charge is 2.26. The second kappa shape index (κ2) is 4.07. The minimum Gasteiger partial charge on any atom is -0.380 e. The smallest absolute Gasteiger partial charge is 0.0726 e. The highest BCUT2D eigenvalue weighted by atomic mass is 16.5. The number of likely N-dealkylation sites (tertiary alicyclic amines) is 1. The van der Waals surface area contributed by atoms with Gasteiger partial charge in [-0.15, -0.1) is 0 Å². The molecule has 1 aliphatic rings. The Morgan fingerprint density at radius 3 is 2.73 bits per heavy atom. The van der Waals surface area contributed by atoms with Crippen molar-refractivity contribution in [2.45, 2.75) is 38.3 Å². The minimum atomic E-state index is 0.471. The van der Waals surface area contributed by atoms with Crippen LogP contribution in [0.15, 0.2) is 0 Å². The maximum atomic E-state index is 5.42. The van der Waals surface area contributed by atoms with E-state index in [9.17, 15) is 0 Å². The van der Waals surface area contributed by atoms with Gasteiger partial charge in [0, 0.05) is 13.2 Å². The van der Waals surface area contributed by atoms with Gasteiger partial charge in [0.25, 0.3) is 0 Å². The molecule has 1 rings (SSSR count). The topological polar surface area (TPSA) is 12.5 Å². The third-order valence-corrected chi connectivity index (χ3v) is 2.72. The van der Waals surface area contributed by atoms with Crippen LogP contribution in [0.1, 0.15) is 26.2 Å². The third-order valence-electron chi connectivity index (χ3n) is 2.72. The fourth-order valence-electron chi connectivity index (χ4n) is 2.03. The normalized spacial score (nSPS) is 34.1. The van der Waals surface area contributed by atoms with Crippen LogP contribution in [0.2, 0.25) is 0 Å². The van der Waals surface area contributed by atoms with Crippen molar-refractivity contribution in [2.24, 2.45) is 0 Å². The average molecular weight is 157 g/mol. The summed E-state index contributed by atoms with van der Waals surface area (Å²) >= 11 is 0. The summed E-state index contributed by atoms with van der Waals surface area (Å²) in [5.74, 6) is 0. The summed E-state index contributed by atoms with van der Waals surface area (Å²) in [6, 6.07) is 0.647. The Balaban J connectivity index is 2.48. The van der Waals surface area contributed by atoms with Crippen LogP contribution in [0.4, 0.5) is 0 Å². The van der Waals surface area contributed by atoms with E-state index in [-0.39, 0.29) is 0 Å². The van der Waals surface area contributed by atoms with Crippen molar-refractivity contribution < 1.29 is 4.74 Å². The molecule has 1 saturated heterocycles. The van der Waals surface area contributed by atoms with Crippen molar-refractivity contribution in [2.75, 3.05) is 20.7 Å². The van der Waals surface area contributed by atoms with Crippen LogP contribution >= 0.6 is 0 Å². The van der Waals surface area contributed by atoms with Gasteiger partial charge in [-0.3, -0.25) is 0 Å². The first-order valence-corrected chi connectivity index (χ1v) is 4.52. The van der Waals surface area contributed by atoms with Crippen molar-refractivity contribution in [3.8, 4) is 0 Å². The van der Waals surface area contributed by atoms with Gasteiger partial charge in [0.15, 0.2) is 0 Å². The van der Waals surface area contributed by atoms with Gasteiger partial charge < -0.3 is 9.64 Å². The molecule has 0 N–H and O–H groups in total. The van der Waals surface area contributed by atoms with Crippen LogP contribution in [0, 0.1) is 0 Å². The molecule has 1 fully saturated rings. The Morgan fingerprint density at radius 2 is 2.27 bits per heavy atom. The molecular formula is C9H19NO. The molecule has 0 unspecified atom stereocenters. The summed E-state index contributed by atoms with van der Waals surface area (Å²) in [5, 5.41) is 0. The van der Waals surface area contributed by atoms with Crippen LogP contribution < -0.4 is 0 Å². The predicted molar refractivity (Wildman–Crippen MR) is 46.7 cm³/mol. The standard InChI is InChI=1S/C9H19NO/c1-4-8-9(11-3)6-5-7-10(8)2/h8-9H,4-7H2,1-3H3/t8-,9-/m1/s1. The van der Waals surface area contributed by atoms with E-state index in [2.05, 4.69) is 18.9 Å². The molecule has 2 atom stereocenters. The van der Waals surface area contributed by atoms with Crippen LogP contribution in [-0.2, 0) is 4.74 Å². The molecule has 0 radical (unpaired) electrons. The molecule has 11 heavy (non-hydrogen) atoms. The summed E-state index contributed by atoms with van der Waals surface area (Å²) in [6.45, 7) is 3.47. The maximum absolute atomic E-state index is 5.42. The van der Waals surface area contributed by atoms with Gasteiger partial charge in [0.2, 0.25) is 0 Å². The molecule has 0 bridgehead atoms. The highest BCUT2D eigenvalue weighted by molar-refractivity contribution is 4.81. The summed E-state index contributed by atoms with van der Waals surface area (Å²) < 4.78 is 5.42. The average Bonchev–Trinajstić information content (AvgIpc) is 2.04. The number of likely N-dealkylation sites (N-methyl/N-ethyl adjacent to an activating group) is 1. The van der Waals surface area contributed by atoms with Crippen LogP contribution in [0.25, 0.3) is 0 Å². The Bertz CT molecular complexity index is 116. The van der Waals surface area contributed by atoms with E-state index in [4.69, 9.17) is 4.74 Å².